The summed E-state index contributed by atoms with van der Waals surface area (Å²) in [6.07, 6.45) is 1.48. The van der Waals surface area contributed by atoms with Crippen molar-refractivity contribution in [1.29, 1.82) is 0 Å². The molecule has 0 unspecified atom stereocenters. The number of carbonyl (C=O) groups excluding carboxylic acids is 2. The Balaban J connectivity index is 1.26. The van der Waals surface area contributed by atoms with Crippen molar-refractivity contribution in [2.75, 3.05) is 26.2 Å². The van der Waals surface area contributed by atoms with Crippen molar-refractivity contribution in [3.63, 3.8) is 0 Å². The number of piperazine rings is 1. The molecule has 1 aromatic heterocycles. The second-order valence-corrected chi connectivity index (χ2v) is 7.95. The van der Waals surface area contributed by atoms with Crippen LogP contribution in [0.1, 0.15) is 23.2 Å². The zero-order valence-electron chi connectivity index (χ0n) is 16.3. The molecule has 2 fully saturated rings. The molecule has 7 nitrogen and oxygen atoms in total. The average molecular weight is 408 g/mol. The van der Waals surface area contributed by atoms with Crippen LogP contribution in [0.15, 0.2) is 46.9 Å². The Bertz CT molecular complexity index is 1130. The van der Waals surface area contributed by atoms with E-state index in [0.717, 1.165) is 12.8 Å². The molecule has 3 aromatic rings. The van der Waals surface area contributed by atoms with Crippen molar-refractivity contribution in [3.05, 3.63) is 53.8 Å². The minimum atomic E-state index is -0.668. The van der Waals surface area contributed by atoms with Gasteiger partial charge < -0.3 is 20.0 Å². The Hall–Kier alpha value is -3.26. The predicted molar refractivity (Wildman–Crippen MR) is 108 cm³/mol. The van der Waals surface area contributed by atoms with Crippen LogP contribution < -0.4 is 5.73 Å². The number of oxazole rings is 1. The molecule has 2 aliphatic rings. The summed E-state index contributed by atoms with van der Waals surface area (Å²) in [4.78, 5) is 33.0. The second-order valence-electron chi connectivity index (χ2n) is 7.95. The van der Waals surface area contributed by atoms with Crippen molar-refractivity contribution in [3.8, 4) is 11.5 Å². The first-order valence-electron chi connectivity index (χ1n) is 9.97. The van der Waals surface area contributed by atoms with E-state index in [1.54, 1.807) is 40.1 Å². The van der Waals surface area contributed by atoms with E-state index >= 15 is 0 Å². The van der Waals surface area contributed by atoms with Crippen LogP contribution in [0.4, 0.5) is 4.39 Å². The van der Waals surface area contributed by atoms with Crippen molar-refractivity contribution in [2.45, 2.75) is 18.4 Å². The summed E-state index contributed by atoms with van der Waals surface area (Å²) in [5, 5.41) is 0. The Morgan fingerprint density at radius 3 is 2.33 bits per heavy atom. The molecule has 30 heavy (non-hydrogen) atoms. The molecule has 1 saturated carbocycles. The van der Waals surface area contributed by atoms with E-state index in [2.05, 4.69) is 4.98 Å². The predicted octanol–water partition coefficient (Wildman–Crippen LogP) is 2.41. The van der Waals surface area contributed by atoms with Crippen LogP contribution in [-0.2, 0) is 4.79 Å². The number of nitrogens with zero attached hydrogens (tertiary/aromatic N) is 3. The maximum atomic E-state index is 13.3. The molecule has 2 N–H and O–H groups in total. The highest BCUT2D eigenvalue weighted by Crippen LogP contribution is 2.34. The molecule has 5 rings (SSSR count). The monoisotopic (exact) mass is 408 g/mol. The number of halogens is 1. The molecular weight excluding hydrogens is 387 g/mol. The lowest BCUT2D eigenvalue weighted by atomic mass is 10.1. The van der Waals surface area contributed by atoms with Crippen LogP contribution in [0.2, 0.25) is 0 Å². The largest absolute Gasteiger partial charge is 0.436 e. The lowest BCUT2D eigenvalue weighted by molar-refractivity contribution is -0.135. The van der Waals surface area contributed by atoms with Crippen LogP contribution >= 0.6 is 0 Å². The molecule has 154 valence electrons. The van der Waals surface area contributed by atoms with Crippen molar-refractivity contribution >= 4 is 22.9 Å². The third-order valence-corrected chi connectivity index (χ3v) is 5.80. The molecule has 0 bridgehead atoms. The number of nitrogens with two attached hydrogens (primary N) is 1. The quantitative estimate of drug-likeness (QED) is 0.719. The third-order valence-electron chi connectivity index (χ3n) is 5.80. The van der Waals surface area contributed by atoms with Crippen molar-refractivity contribution < 1.29 is 18.4 Å². The van der Waals surface area contributed by atoms with E-state index in [1.165, 1.54) is 12.1 Å². The van der Waals surface area contributed by atoms with Crippen LogP contribution in [-0.4, -0.2) is 58.3 Å². The van der Waals surface area contributed by atoms with Gasteiger partial charge in [-0.2, -0.15) is 0 Å². The van der Waals surface area contributed by atoms with Gasteiger partial charge in [-0.05, 0) is 49.2 Å². The third kappa shape index (κ3) is 3.33. The van der Waals surface area contributed by atoms with Gasteiger partial charge in [-0.3, -0.25) is 9.59 Å². The fourth-order valence-electron chi connectivity index (χ4n) is 3.74. The fraction of sp³-hybridized carbons (Fsp3) is 0.318. The summed E-state index contributed by atoms with van der Waals surface area (Å²) < 4.78 is 19.0. The molecule has 8 heteroatoms. The highest BCUT2D eigenvalue weighted by atomic mass is 19.1. The highest BCUT2D eigenvalue weighted by molar-refractivity contribution is 5.95. The molecule has 1 saturated heterocycles. The minimum absolute atomic E-state index is 0.00262. The first-order valence-corrected chi connectivity index (χ1v) is 9.97. The Morgan fingerprint density at radius 1 is 1.00 bits per heavy atom. The number of carbonyl (C=O) groups is 2. The molecule has 0 spiro atoms. The second kappa shape index (κ2) is 6.91. The summed E-state index contributed by atoms with van der Waals surface area (Å²) in [5.41, 5.74) is 7.54. The smallest absolute Gasteiger partial charge is 0.253 e. The molecule has 2 aromatic carbocycles. The SMILES string of the molecule is NC1(C(=O)N2CCN(C(=O)c3ccc(-c4nc5ccc(F)cc5o4)cc3)CC2)CC1. The number of benzene rings is 2. The molecular formula is C22H21FN4O3. The van der Waals surface area contributed by atoms with E-state index < -0.39 is 5.54 Å². The van der Waals surface area contributed by atoms with Crippen LogP contribution in [0.5, 0.6) is 0 Å². The number of rotatable bonds is 3. The number of hydrogen-bond donors (Lipinski definition) is 1. The summed E-state index contributed by atoms with van der Waals surface area (Å²) in [7, 11) is 0. The van der Waals surface area contributed by atoms with Gasteiger partial charge in [0.2, 0.25) is 11.8 Å². The standard InChI is InChI=1S/C22H21FN4O3/c23-16-5-6-17-18(13-16)30-19(25-17)14-1-3-15(4-2-14)20(28)26-9-11-27(12-10-26)21(29)22(24)7-8-22/h1-6,13H,7-12,24H2. The van der Waals surface area contributed by atoms with Gasteiger partial charge in [0.1, 0.15) is 11.3 Å². The lowest BCUT2D eigenvalue weighted by Crippen LogP contribution is -2.55. The van der Waals surface area contributed by atoms with Gasteiger partial charge in [-0.25, -0.2) is 9.37 Å². The molecule has 0 radical (unpaired) electrons. The zero-order chi connectivity index (χ0) is 20.9. The van der Waals surface area contributed by atoms with Gasteiger partial charge in [-0.15, -0.1) is 0 Å². The minimum Gasteiger partial charge on any atom is -0.436 e. The summed E-state index contributed by atoms with van der Waals surface area (Å²) in [5.74, 6) is -0.0939. The Morgan fingerprint density at radius 2 is 1.67 bits per heavy atom. The van der Waals surface area contributed by atoms with Crippen molar-refractivity contribution in [1.82, 2.24) is 14.8 Å². The van der Waals surface area contributed by atoms with Gasteiger partial charge in [0.05, 0.1) is 5.54 Å². The topological polar surface area (TPSA) is 92.7 Å². The van der Waals surface area contributed by atoms with Gasteiger partial charge in [0.25, 0.3) is 5.91 Å². The summed E-state index contributed by atoms with van der Waals surface area (Å²) in [6, 6.07) is 11.2. The fourth-order valence-corrected chi connectivity index (χ4v) is 3.74. The van der Waals surface area contributed by atoms with Gasteiger partial charge in [0, 0.05) is 43.4 Å². The van der Waals surface area contributed by atoms with E-state index in [0.29, 0.717) is 54.3 Å². The first kappa shape index (κ1) is 18.7. The van der Waals surface area contributed by atoms with Gasteiger partial charge in [-0.1, -0.05) is 0 Å². The average Bonchev–Trinajstić information content (AvgIpc) is 3.38. The highest BCUT2D eigenvalue weighted by Gasteiger charge is 2.48. The summed E-state index contributed by atoms with van der Waals surface area (Å²) in [6.45, 7) is 1.97. The van der Waals surface area contributed by atoms with E-state index in [4.69, 9.17) is 10.2 Å². The number of hydrogen-bond acceptors (Lipinski definition) is 5. The molecule has 2 heterocycles. The zero-order valence-corrected chi connectivity index (χ0v) is 16.3. The van der Waals surface area contributed by atoms with E-state index in [9.17, 15) is 14.0 Å². The maximum absolute atomic E-state index is 13.3. The van der Waals surface area contributed by atoms with Crippen molar-refractivity contribution in [2.24, 2.45) is 5.73 Å². The van der Waals surface area contributed by atoms with Gasteiger partial charge in [0.15, 0.2) is 5.58 Å². The first-order chi connectivity index (χ1) is 14.4. The number of aromatic nitrogens is 1. The van der Waals surface area contributed by atoms with Crippen LogP contribution in [0.25, 0.3) is 22.6 Å². The molecule has 2 amide bonds. The van der Waals surface area contributed by atoms with Crippen LogP contribution in [0, 0.1) is 5.82 Å². The molecule has 1 aliphatic heterocycles. The van der Waals surface area contributed by atoms with E-state index in [1.807, 2.05) is 0 Å². The number of amides is 2. The van der Waals surface area contributed by atoms with E-state index in [-0.39, 0.29) is 17.6 Å². The van der Waals surface area contributed by atoms with Crippen LogP contribution in [0.3, 0.4) is 0 Å². The van der Waals surface area contributed by atoms with Gasteiger partial charge >= 0.3 is 0 Å². The maximum Gasteiger partial charge on any atom is 0.253 e. The lowest BCUT2D eigenvalue weighted by Gasteiger charge is -2.36. The molecule has 1 aliphatic carbocycles. The Kier molecular flexibility index (Phi) is 4.32. The molecule has 0 atom stereocenters. The normalized spacial score (nSPS) is 17.9. The Labute approximate surface area is 172 Å². The summed E-state index contributed by atoms with van der Waals surface area (Å²) >= 11 is 0. The number of fused-ring (bicyclic) bond motifs is 1.